The summed E-state index contributed by atoms with van der Waals surface area (Å²) in [5, 5.41) is 0. The van der Waals surface area contributed by atoms with Crippen molar-refractivity contribution >= 4 is 28.7 Å². The van der Waals surface area contributed by atoms with Gasteiger partial charge >= 0.3 is 6.09 Å². The first-order valence-electron chi connectivity index (χ1n) is 14.4. The third-order valence-corrected chi connectivity index (χ3v) is 8.77. The average molecular weight is 665 g/mol. The summed E-state index contributed by atoms with van der Waals surface area (Å²) in [5.41, 5.74) is 5.92. The molecule has 2 saturated heterocycles. The SMILES string of the molecule is CN1CCC[C@H]1c1nc(-c2ccc(-c3ccc(-c4cnc([C@@H]5CCCN5C(=O)OC(C)(C)C)[nH]4)cc3)cc2)c(I)[nH]1. The van der Waals surface area contributed by atoms with Crippen LogP contribution >= 0.6 is 22.6 Å². The normalized spacial score (nSPS) is 19.7. The van der Waals surface area contributed by atoms with Gasteiger partial charge in [-0.05, 0) is 99.3 Å². The van der Waals surface area contributed by atoms with E-state index in [1.54, 1.807) is 4.90 Å². The number of nitrogens with zero attached hydrogens (tertiary/aromatic N) is 4. The molecule has 2 aromatic heterocycles. The lowest BCUT2D eigenvalue weighted by atomic mass is 10.0. The summed E-state index contributed by atoms with van der Waals surface area (Å²) in [6.07, 6.45) is 5.75. The highest BCUT2D eigenvalue weighted by Gasteiger charge is 2.35. The van der Waals surface area contributed by atoms with Crippen LogP contribution in [-0.4, -0.2) is 61.6 Å². The molecular weight excluding hydrogens is 627 g/mol. The van der Waals surface area contributed by atoms with E-state index in [9.17, 15) is 4.79 Å². The Morgan fingerprint density at radius 3 is 2.12 bits per heavy atom. The van der Waals surface area contributed by atoms with Gasteiger partial charge in [0.25, 0.3) is 0 Å². The summed E-state index contributed by atoms with van der Waals surface area (Å²) in [4.78, 5) is 33.5. The molecule has 0 spiro atoms. The van der Waals surface area contributed by atoms with Crippen LogP contribution in [-0.2, 0) is 4.74 Å². The number of aromatic nitrogens is 4. The highest BCUT2D eigenvalue weighted by atomic mass is 127. The van der Waals surface area contributed by atoms with E-state index in [0.717, 1.165) is 74.8 Å². The van der Waals surface area contributed by atoms with Gasteiger partial charge in [-0.2, -0.15) is 0 Å². The molecule has 6 rings (SSSR count). The zero-order chi connectivity index (χ0) is 28.7. The van der Waals surface area contributed by atoms with Crippen LogP contribution in [0.1, 0.15) is 70.2 Å². The van der Waals surface area contributed by atoms with Gasteiger partial charge < -0.3 is 14.7 Å². The van der Waals surface area contributed by atoms with Crippen LogP contribution in [0.5, 0.6) is 0 Å². The molecule has 1 amide bonds. The summed E-state index contributed by atoms with van der Waals surface area (Å²) in [7, 11) is 2.17. The number of halogens is 1. The molecule has 2 fully saturated rings. The first-order valence-corrected chi connectivity index (χ1v) is 15.5. The van der Waals surface area contributed by atoms with Crippen LogP contribution in [0.4, 0.5) is 4.79 Å². The zero-order valence-electron chi connectivity index (χ0n) is 24.1. The molecule has 0 radical (unpaired) electrons. The van der Waals surface area contributed by atoms with Gasteiger partial charge in [0.15, 0.2) is 0 Å². The van der Waals surface area contributed by atoms with Gasteiger partial charge in [0.05, 0.1) is 24.0 Å². The Balaban J connectivity index is 1.15. The number of amides is 1. The molecule has 8 nitrogen and oxygen atoms in total. The first-order chi connectivity index (χ1) is 19.7. The van der Waals surface area contributed by atoms with E-state index in [1.807, 2.05) is 27.0 Å². The number of hydrogen-bond acceptors (Lipinski definition) is 5. The van der Waals surface area contributed by atoms with Gasteiger partial charge in [-0.15, -0.1) is 0 Å². The fraction of sp³-hybridized carbons (Fsp3) is 0.406. The average Bonchev–Trinajstić information content (AvgIpc) is 3.74. The van der Waals surface area contributed by atoms with Crippen molar-refractivity contribution in [1.82, 2.24) is 29.7 Å². The molecule has 0 aliphatic carbocycles. The van der Waals surface area contributed by atoms with E-state index in [1.165, 1.54) is 6.42 Å². The fourth-order valence-electron chi connectivity index (χ4n) is 5.88. The molecule has 9 heteroatoms. The van der Waals surface area contributed by atoms with Crippen molar-refractivity contribution in [2.75, 3.05) is 20.1 Å². The molecule has 41 heavy (non-hydrogen) atoms. The van der Waals surface area contributed by atoms with Crippen LogP contribution in [0.2, 0.25) is 0 Å². The second kappa shape index (κ2) is 11.2. The molecule has 0 bridgehead atoms. The van der Waals surface area contributed by atoms with Gasteiger partial charge in [-0.1, -0.05) is 48.5 Å². The lowest BCUT2D eigenvalue weighted by molar-refractivity contribution is 0.0218. The van der Waals surface area contributed by atoms with Crippen LogP contribution in [0.25, 0.3) is 33.6 Å². The summed E-state index contributed by atoms with van der Waals surface area (Å²) in [5.74, 6) is 1.87. The number of hydrogen-bond donors (Lipinski definition) is 2. The van der Waals surface area contributed by atoms with Gasteiger partial charge in [-0.3, -0.25) is 9.80 Å². The predicted molar refractivity (Wildman–Crippen MR) is 169 cm³/mol. The molecule has 2 aliphatic heterocycles. The molecule has 2 N–H and O–H groups in total. The van der Waals surface area contributed by atoms with E-state index in [2.05, 4.69) is 98.0 Å². The first kappa shape index (κ1) is 28.0. The number of H-pyrrole nitrogens is 2. The van der Waals surface area contributed by atoms with Crippen LogP contribution in [0.15, 0.2) is 54.7 Å². The van der Waals surface area contributed by atoms with Crippen LogP contribution < -0.4 is 0 Å². The molecule has 2 atom stereocenters. The van der Waals surface area contributed by atoms with Gasteiger partial charge in [0, 0.05) is 12.1 Å². The number of benzene rings is 2. The minimum atomic E-state index is -0.520. The molecule has 214 valence electrons. The molecule has 2 aromatic carbocycles. The van der Waals surface area contributed by atoms with Crippen molar-refractivity contribution in [3.8, 4) is 33.6 Å². The third kappa shape index (κ3) is 5.92. The van der Waals surface area contributed by atoms with Crippen molar-refractivity contribution in [2.24, 2.45) is 0 Å². The summed E-state index contributed by atoms with van der Waals surface area (Å²) >= 11 is 2.36. The smallest absolute Gasteiger partial charge is 0.410 e. The molecule has 0 unspecified atom stereocenters. The molecule has 4 aromatic rings. The Morgan fingerprint density at radius 1 is 0.878 bits per heavy atom. The Labute approximate surface area is 255 Å². The number of ether oxygens (including phenoxy) is 1. The minimum Gasteiger partial charge on any atom is -0.444 e. The quantitative estimate of drug-likeness (QED) is 0.215. The minimum absolute atomic E-state index is 0.0934. The standard InChI is InChI=1S/C32H37IN6O2/c1-32(2,3)41-31(40)39-18-6-8-26(39)29-34-19-24(35-29)22-13-9-20(10-14-22)21-11-15-23(16-12-21)27-28(33)37-30(36-27)25-7-5-17-38(25)4/h9-16,19,25-26H,5-8,17-18H2,1-4H3,(H,34,35)(H,36,37)/t25-,26-/m0/s1. The highest BCUT2D eigenvalue weighted by Crippen LogP contribution is 2.35. The monoisotopic (exact) mass is 664 g/mol. The number of carbonyl (C=O) groups excluding carboxylic acids is 1. The maximum atomic E-state index is 12.7. The number of likely N-dealkylation sites (tertiary alicyclic amines) is 2. The van der Waals surface area contributed by atoms with Crippen molar-refractivity contribution in [2.45, 2.75) is 64.1 Å². The van der Waals surface area contributed by atoms with E-state index in [0.29, 0.717) is 12.6 Å². The van der Waals surface area contributed by atoms with Crippen LogP contribution in [0, 0.1) is 3.70 Å². The number of imidazole rings is 2. The van der Waals surface area contributed by atoms with Crippen LogP contribution in [0.3, 0.4) is 0 Å². The summed E-state index contributed by atoms with van der Waals surface area (Å²) < 4.78 is 6.71. The third-order valence-electron chi connectivity index (χ3n) is 7.99. The zero-order valence-corrected chi connectivity index (χ0v) is 26.2. The summed E-state index contributed by atoms with van der Waals surface area (Å²) in [6.45, 7) is 7.49. The topological polar surface area (TPSA) is 90.1 Å². The highest BCUT2D eigenvalue weighted by molar-refractivity contribution is 14.1. The Kier molecular flexibility index (Phi) is 7.67. The van der Waals surface area contributed by atoms with Crippen molar-refractivity contribution in [1.29, 1.82) is 0 Å². The van der Waals surface area contributed by atoms with Crippen molar-refractivity contribution in [3.63, 3.8) is 0 Å². The van der Waals surface area contributed by atoms with E-state index < -0.39 is 5.60 Å². The molecular formula is C32H37IN6O2. The maximum Gasteiger partial charge on any atom is 0.410 e. The van der Waals surface area contributed by atoms with E-state index in [4.69, 9.17) is 9.72 Å². The van der Waals surface area contributed by atoms with Crippen molar-refractivity contribution < 1.29 is 9.53 Å². The summed E-state index contributed by atoms with van der Waals surface area (Å²) in [6, 6.07) is 17.4. The van der Waals surface area contributed by atoms with Gasteiger partial charge in [-0.25, -0.2) is 14.8 Å². The Hall–Kier alpha value is -3.18. The molecule has 4 heterocycles. The van der Waals surface area contributed by atoms with Gasteiger partial charge in [0.1, 0.15) is 26.6 Å². The number of rotatable bonds is 5. The lowest BCUT2D eigenvalue weighted by Crippen LogP contribution is -2.36. The van der Waals surface area contributed by atoms with Gasteiger partial charge in [0.2, 0.25) is 0 Å². The molecule has 2 aliphatic rings. The second-order valence-corrected chi connectivity index (χ2v) is 13.2. The van der Waals surface area contributed by atoms with E-state index >= 15 is 0 Å². The fourth-order valence-corrected chi connectivity index (χ4v) is 6.59. The number of carbonyl (C=O) groups is 1. The predicted octanol–water partition coefficient (Wildman–Crippen LogP) is 7.58. The Morgan fingerprint density at radius 2 is 1.49 bits per heavy atom. The maximum absolute atomic E-state index is 12.7. The second-order valence-electron chi connectivity index (χ2n) is 12.1. The number of nitrogens with one attached hydrogen (secondary N) is 2. The Bertz CT molecular complexity index is 1520. The molecule has 0 saturated carbocycles. The lowest BCUT2D eigenvalue weighted by Gasteiger charge is -2.27. The largest absolute Gasteiger partial charge is 0.444 e. The number of aromatic amines is 2. The van der Waals surface area contributed by atoms with E-state index in [-0.39, 0.29) is 12.1 Å². The van der Waals surface area contributed by atoms with Crippen molar-refractivity contribution in [3.05, 3.63) is 70.1 Å².